The van der Waals surface area contributed by atoms with Crippen LogP contribution in [0.4, 0.5) is 0 Å². The predicted octanol–water partition coefficient (Wildman–Crippen LogP) is 5.04. The van der Waals surface area contributed by atoms with Crippen molar-refractivity contribution in [3.8, 4) is 5.69 Å². The second-order valence-corrected chi connectivity index (χ2v) is 10.7. The van der Waals surface area contributed by atoms with Gasteiger partial charge in [-0.15, -0.1) is 10.2 Å². The second-order valence-electron chi connectivity index (χ2n) is 9.71. The fraction of sp³-hybridized carbons (Fsp3) is 0.407. The molecule has 182 valence electrons. The molecule has 1 saturated heterocycles. The number of likely N-dealkylation sites (tertiary alicyclic amines) is 1. The number of thioether (sulfide) groups is 1. The standard InChI is InChI=1S/C27H31N5O2S/c1-17(2)20-12-5-7-14-22(20)31-25(34)21-13-6-8-15-23(21)32-26(31)28-29-27(32)35-16-24(33)30-18(3)10-9-11-19(30)4/h5-8,12-15,17-19H,9-11,16H2,1-4H3. The molecule has 8 heteroatoms. The molecule has 0 saturated carbocycles. The molecule has 1 aliphatic heterocycles. The third-order valence-electron chi connectivity index (χ3n) is 7.00. The first kappa shape index (κ1) is 23.6. The number of carbonyl (C=O) groups excluding carboxylic acids is 1. The Bertz CT molecular complexity index is 1450. The number of hydrogen-bond acceptors (Lipinski definition) is 5. The molecule has 35 heavy (non-hydrogen) atoms. The highest BCUT2D eigenvalue weighted by atomic mass is 32.2. The van der Waals surface area contributed by atoms with Gasteiger partial charge in [0.05, 0.1) is 22.3 Å². The van der Waals surface area contributed by atoms with Gasteiger partial charge in [-0.05, 0) is 62.8 Å². The molecule has 0 radical (unpaired) electrons. The van der Waals surface area contributed by atoms with Crippen molar-refractivity contribution < 1.29 is 4.79 Å². The summed E-state index contributed by atoms with van der Waals surface area (Å²) in [5.41, 5.74) is 2.48. The molecule has 7 nitrogen and oxygen atoms in total. The van der Waals surface area contributed by atoms with Gasteiger partial charge >= 0.3 is 0 Å². The summed E-state index contributed by atoms with van der Waals surface area (Å²) in [7, 11) is 0. The highest BCUT2D eigenvalue weighted by Crippen LogP contribution is 2.28. The number of carbonyl (C=O) groups is 1. The van der Waals surface area contributed by atoms with Crippen LogP contribution in [0.1, 0.15) is 58.4 Å². The van der Waals surface area contributed by atoms with E-state index in [0.29, 0.717) is 16.3 Å². The van der Waals surface area contributed by atoms with Gasteiger partial charge in [0.1, 0.15) is 0 Å². The highest BCUT2D eigenvalue weighted by molar-refractivity contribution is 7.99. The van der Waals surface area contributed by atoms with E-state index in [9.17, 15) is 9.59 Å². The van der Waals surface area contributed by atoms with Gasteiger partial charge in [0.2, 0.25) is 11.7 Å². The van der Waals surface area contributed by atoms with E-state index >= 15 is 0 Å². The first-order chi connectivity index (χ1) is 16.9. The quantitative estimate of drug-likeness (QED) is 0.367. The molecule has 1 amide bonds. The van der Waals surface area contributed by atoms with E-state index in [4.69, 9.17) is 0 Å². The molecule has 3 heterocycles. The lowest BCUT2D eigenvalue weighted by Crippen LogP contribution is -2.48. The van der Waals surface area contributed by atoms with Crippen LogP contribution in [0.15, 0.2) is 58.5 Å². The Labute approximate surface area is 209 Å². The van der Waals surface area contributed by atoms with Crippen LogP contribution in [0.3, 0.4) is 0 Å². The first-order valence-electron chi connectivity index (χ1n) is 12.3. The van der Waals surface area contributed by atoms with E-state index in [-0.39, 0.29) is 35.2 Å². The predicted molar refractivity (Wildman–Crippen MR) is 141 cm³/mol. The molecular formula is C27H31N5O2S. The van der Waals surface area contributed by atoms with Gasteiger partial charge in [-0.3, -0.25) is 14.0 Å². The van der Waals surface area contributed by atoms with Crippen LogP contribution in [0.5, 0.6) is 0 Å². The fourth-order valence-corrected chi connectivity index (χ4v) is 6.09. The molecule has 1 fully saturated rings. The van der Waals surface area contributed by atoms with Crippen LogP contribution >= 0.6 is 11.8 Å². The third kappa shape index (κ3) is 4.14. The molecule has 1 aliphatic rings. The number of aromatic nitrogens is 4. The van der Waals surface area contributed by atoms with Crippen LogP contribution in [0, 0.1) is 0 Å². The molecule has 0 aliphatic carbocycles. The topological polar surface area (TPSA) is 72.5 Å². The summed E-state index contributed by atoms with van der Waals surface area (Å²) in [5, 5.41) is 10.1. The number of nitrogens with zero attached hydrogens (tertiary/aromatic N) is 5. The van der Waals surface area contributed by atoms with Crippen LogP contribution in [-0.4, -0.2) is 47.8 Å². The maximum atomic E-state index is 13.7. The number of rotatable bonds is 5. The maximum Gasteiger partial charge on any atom is 0.267 e. The summed E-state index contributed by atoms with van der Waals surface area (Å²) in [6.07, 6.45) is 3.25. The number of amides is 1. The average molecular weight is 490 g/mol. The zero-order valence-electron chi connectivity index (χ0n) is 20.6. The molecule has 4 aromatic rings. The van der Waals surface area contributed by atoms with Crippen molar-refractivity contribution in [2.24, 2.45) is 0 Å². The largest absolute Gasteiger partial charge is 0.337 e. The highest BCUT2D eigenvalue weighted by Gasteiger charge is 2.29. The summed E-state index contributed by atoms with van der Waals surface area (Å²) < 4.78 is 3.57. The van der Waals surface area contributed by atoms with Crippen LogP contribution in [0.25, 0.3) is 22.4 Å². The number of piperidine rings is 1. The van der Waals surface area contributed by atoms with E-state index in [0.717, 1.165) is 36.0 Å². The molecule has 0 bridgehead atoms. The van der Waals surface area contributed by atoms with Gasteiger partial charge in [-0.2, -0.15) is 0 Å². The Hall–Kier alpha value is -3.13. The number of hydrogen-bond donors (Lipinski definition) is 0. The van der Waals surface area contributed by atoms with Crippen molar-refractivity contribution in [3.63, 3.8) is 0 Å². The van der Waals surface area contributed by atoms with Crippen molar-refractivity contribution >= 4 is 34.3 Å². The fourth-order valence-electron chi connectivity index (χ4n) is 5.28. The lowest BCUT2D eigenvalue weighted by atomic mass is 9.98. The normalized spacial score (nSPS) is 18.6. The van der Waals surface area contributed by atoms with E-state index < -0.39 is 0 Å². The minimum absolute atomic E-state index is 0.120. The van der Waals surface area contributed by atoms with Gasteiger partial charge in [0.25, 0.3) is 5.56 Å². The molecule has 0 spiro atoms. The van der Waals surface area contributed by atoms with E-state index in [1.165, 1.54) is 11.8 Å². The lowest BCUT2D eigenvalue weighted by molar-refractivity contribution is -0.134. The molecular weight excluding hydrogens is 458 g/mol. The summed E-state index contributed by atoms with van der Waals surface area (Å²) in [6.45, 7) is 8.48. The van der Waals surface area contributed by atoms with Gasteiger partial charge in [0.15, 0.2) is 5.16 Å². The van der Waals surface area contributed by atoms with Gasteiger partial charge in [-0.25, -0.2) is 4.57 Å². The first-order valence-corrected chi connectivity index (χ1v) is 13.3. The zero-order chi connectivity index (χ0) is 24.7. The van der Waals surface area contributed by atoms with Crippen molar-refractivity contribution in [2.75, 3.05) is 5.75 Å². The summed E-state index contributed by atoms with van der Waals surface area (Å²) in [4.78, 5) is 28.9. The molecule has 2 aromatic heterocycles. The second kappa shape index (κ2) is 9.49. The minimum Gasteiger partial charge on any atom is -0.337 e. The van der Waals surface area contributed by atoms with Gasteiger partial charge < -0.3 is 4.90 Å². The van der Waals surface area contributed by atoms with Crippen LogP contribution in [-0.2, 0) is 4.79 Å². The summed E-state index contributed by atoms with van der Waals surface area (Å²) >= 11 is 1.38. The molecule has 2 atom stereocenters. The molecule has 5 rings (SSSR count). The molecule has 2 aromatic carbocycles. The van der Waals surface area contributed by atoms with Crippen molar-refractivity contribution in [2.45, 2.75) is 70.1 Å². The summed E-state index contributed by atoms with van der Waals surface area (Å²) in [5.74, 6) is 1.09. The summed E-state index contributed by atoms with van der Waals surface area (Å²) in [6, 6.07) is 15.9. The van der Waals surface area contributed by atoms with Gasteiger partial charge in [0, 0.05) is 12.1 Å². The van der Waals surface area contributed by atoms with Crippen molar-refractivity contribution in [1.29, 1.82) is 0 Å². The molecule has 2 unspecified atom stereocenters. The number of benzene rings is 2. The lowest BCUT2D eigenvalue weighted by Gasteiger charge is -2.39. The maximum absolute atomic E-state index is 13.7. The number of fused-ring (bicyclic) bond motifs is 3. The zero-order valence-corrected chi connectivity index (χ0v) is 21.5. The number of para-hydroxylation sites is 2. The van der Waals surface area contributed by atoms with Gasteiger partial charge in [-0.1, -0.05) is 55.9 Å². The third-order valence-corrected chi connectivity index (χ3v) is 7.91. The molecule has 0 N–H and O–H groups in total. The SMILES string of the molecule is CC(C)c1ccccc1-n1c(=O)c2ccccc2n2c(SCC(=O)N3C(C)CCCC3C)nnc12. The smallest absolute Gasteiger partial charge is 0.267 e. The Balaban J connectivity index is 1.62. The van der Waals surface area contributed by atoms with Crippen molar-refractivity contribution in [1.82, 2.24) is 24.1 Å². The minimum atomic E-state index is -0.128. The Kier molecular flexibility index (Phi) is 6.40. The van der Waals surface area contributed by atoms with E-state index in [1.54, 1.807) is 4.57 Å². The van der Waals surface area contributed by atoms with Crippen LogP contribution in [0.2, 0.25) is 0 Å². The Morgan fingerprint density at radius 3 is 2.46 bits per heavy atom. The van der Waals surface area contributed by atoms with E-state index in [1.807, 2.05) is 57.8 Å². The Morgan fingerprint density at radius 2 is 1.71 bits per heavy atom. The van der Waals surface area contributed by atoms with Crippen LogP contribution < -0.4 is 5.56 Å². The monoisotopic (exact) mass is 489 g/mol. The Morgan fingerprint density at radius 1 is 1.03 bits per heavy atom. The van der Waals surface area contributed by atoms with E-state index in [2.05, 4.69) is 37.9 Å². The average Bonchev–Trinajstić information content (AvgIpc) is 3.27. The van der Waals surface area contributed by atoms with Crippen molar-refractivity contribution in [3.05, 3.63) is 64.4 Å².